The van der Waals surface area contributed by atoms with E-state index in [1.807, 2.05) is 42.5 Å². The maximum absolute atomic E-state index is 15.0. The number of fused-ring (bicyclic) bond motifs is 4. The number of amides is 2. The highest BCUT2D eigenvalue weighted by atomic mass is 35.5. The van der Waals surface area contributed by atoms with Crippen LogP contribution in [-0.4, -0.2) is 30.9 Å². The molecule has 1 aromatic heterocycles. The van der Waals surface area contributed by atoms with E-state index in [1.54, 1.807) is 43.3 Å². The first kappa shape index (κ1) is 26.3. The molecule has 1 N–H and O–H groups in total. The molecule has 1 aliphatic carbocycles. The lowest BCUT2D eigenvalue weighted by Gasteiger charge is -2.49. The van der Waals surface area contributed by atoms with E-state index in [0.717, 1.165) is 4.57 Å². The SMILES string of the molecule is Cc1cccc([C@H]2C3=CCn4c(=O)n(C)c(=O)n4[C@@H]3C[C@H]3C(=O)N(c4cccc(Cl)c4)C(=O)[C@@]23c2ccccc2)c1O. The third-order valence-electron chi connectivity index (χ3n) is 9.20. The lowest BCUT2D eigenvalue weighted by Crippen LogP contribution is -2.53. The summed E-state index contributed by atoms with van der Waals surface area (Å²) in [7, 11) is 1.43. The molecule has 10 heteroatoms. The van der Waals surface area contributed by atoms with Gasteiger partial charge in [-0.1, -0.05) is 72.3 Å². The molecule has 42 heavy (non-hydrogen) atoms. The third-order valence-corrected chi connectivity index (χ3v) is 9.44. The van der Waals surface area contributed by atoms with Crippen LogP contribution < -0.4 is 16.3 Å². The molecule has 3 heterocycles. The molecule has 4 aromatic rings. The number of aromatic hydroxyl groups is 1. The van der Waals surface area contributed by atoms with Crippen LogP contribution in [0.5, 0.6) is 5.75 Å². The Labute approximate surface area is 245 Å². The Balaban J connectivity index is 1.58. The van der Waals surface area contributed by atoms with Crippen molar-refractivity contribution < 1.29 is 14.7 Å². The first-order valence-electron chi connectivity index (χ1n) is 13.7. The number of phenolic OH excluding ortho intramolecular Hbond substituents is 1. The number of anilines is 1. The van der Waals surface area contributed by atoms with Gasteiger partial charge in [-0.25, -0.2) is 28.4 Å². The number of aromatic nitrogens is 3. The molecule has 7 rings (SSSR count). The molecule has 3 aliphatic rings. The molecule has 2 amide bonds. The van der Waals surface area contributed by atoms with Crippen LogP contribution in [0, 0.1) is 12.8 Å². The van der Waals surface area contributed by atoms with Crippen LogP contribution in [-0.2, 0) is 28.6 Å². The van der Waals surface area contributed by atoms with Gasteiger partial charge in [-0.2, -0.15) is 0 Å². The van der Waals surface area contributed by atoms with E-state index >= 15 is 4.79 Å². The number of imide groups is 1. The molecule has 1 saturated carbocycles. The molecule has 0 radical (unpaired) electrons. The van der Waals surface area contributed by atoms with Gasteiger partial charge in [0.15, 0.2) is 0 Å². The average molecular weight is 583 g/mol. The van der Waals surface area contributed by atoms with Crippen molar-refractivity contribution >= 4 is 29.1 Å². The van der Waals surface area contributed by atoms with E-state index in [-0.39, 0.29) is 18.7 Å². The molecule has 4 atom stereocenters. The monoisotopic (exact) mass is 582 g/mol. The van der Waals surface area contributed by atoms with Crippen molar-refractivity contribution in [3.05, 3.63) is 127 Å². The number of phenols is 1. The maximum atomic E-state index is 15.0. The second-order valence-corrected chi connectivity index (χ2v) is 11.6. The Kier molecular flexibility index (Phi) is 5.75. The van der Waals surface area contributed by atoms with E-state index in [1.165, 1.54) is 21.3 Å². The van der Waals surface area contributed by atoms with Crippen LogP contribution in [0.3, 0.4) is 0 Å². The summed E-state index contributed by atoms with van der Waals surface area (Å²) in [5, 5.41) is 11.9. The minimum atomic E-state index is -1.45. The molecule has 2 fully saturated rings. The zero-order chi connectivity index (χ0) is 29.5. The molecule has 0 unspecified atom stereocenters. The minimum absolute atomic E-state index is 0.0166. The number of nitrogens with zero attached hydrogens (tertiary/aromatic N) is 4. The zero-order valence-electron chi connectivity index (χ0n) is 22.9. The van der Waals surface area contributed by atoms with Crippen LogP contribution in [0.1, 0.15) is 35.1 Å². The Hall–Kier alpha value is -4.63. The topological polar surface area (TPSA) is 107 Å². The number of hydrogen-bond acceptors (Lipinski definition) is 5. The maximum Gasteiger partial charge on any atom is 0.347 e. The highest BCUT2D eigenvalue weighted by molar-refractivity contribution is 6.32. The number of aryl methyl sites for hydroxylation is 1. The molecule has 0 spiro atoms. The summed E-state index contributed by atoms with van der Waals surface area (Å²) in [6.45, 7) is 1.89. The number of carbonyl (C=O) groups excluding carboxylic acids is 2. The fraction of sp³-hybridized carbons (Fsp3) is 0.250. The molecule has 2 aliphatic heterocycles. The largest absolute Gasteiger partial charge is 0.507 e. The number of para-hydroxylation sites is 1. The van der Waals surface area contributed by atoms with Crippen molar-refractivity contribution in [3.63, 3.8) is 0 Å². The second-order valence-electron chi connectivity index (χ2n) is 11.2. The van der Waals surface area contributed by atoms with Crippen LogP contribution in [0.2, 0.25) is 5.02 Å². The molecule has 9 nitrogen and oxygen atoms in total. The number of halogens is 1. The fourth-order valence-electron chi connectivity index (χ4n) is 7.37. The Morgan fingerprint density at radius 1 is 0.929 bits per heavy atom. The van der Waals surface area contributed by atoms with Crippen LogP contribution in [0.25, 0.3) is 0 Å². The first-order chi connectivity index (χ1) is 20.2. The lowest BCUT2D eigenvalue weighted by atomic mass is 9.53. The summed E-state index contributed by atoms with van der Waals surface area (Å²) in [6.07, 6.45) is 1.98. The third kappa shape index (κ3) is 3.31. The van der Waals surface area contributed by atoms with Gasteiger partial charge in [0.25, 0.3) is 0 Å². The molecule has 1 saturated heterocycles. The van der Waals surface area contributed by atoms with E-state index < -0.39 is 46.5 Å². The van der Waals surface area contributed by atoms with Crippen molar-refractivity contribution in [2.24, 2.45) is 13.0 Å². The van der Waals surface area contributed by atoms with Gasteiger partial charge in [0.1, 0.15) is 5.75 Å². The quantitative estimate of drug-likeness (QED) is 0.292. The molecule has 0 bridgehead atoms. The van der Waals surface area contributed by atoms with Gasteiger partial charge in [-0.3, -0.25) is 9.59 Å². The predicted molar refractivity (Wildman–Crippen MR) is 157 cm³/mol. The van der Waals surface area contributed by atoms with Gasteiger partial charge in [0, 0.05) is 23.6 Å². The summed E-state index contributed by atoms with van der Waals surface area (Å²) >= 11 is 6.31. The van der Waals surface area contributed by atoms with Gasteiger partial charge in [-0.05, 0) is 48.2 Å². The zero-order valence-corrected chi connectivity index (χ0v) is 23.7. The predicted octanol–water partition coefficient (Wildman–Crippen LogP) is 3.81. The van der Waals surface area contributed by atoms with E-state index in [0.29, 0.717) is 33.0 Å². The van der Waals surface area contributed by atoms with E-state index in [9.17, 15) is 19.5 Å². The van der Waals surface area contributed by atoms with Crippen molar-refractivity contribution in [1.29, 1.82) is 0 Å². The number of allylic oxidation sites excluding steroid dienone is 2. The standard InChI is InChI=1S/C32H27ClN4O5/c1-18-8-6-13-23(27(18)38)26-22-14-15-35-30(41)34(2)31(42)37(35)25(22)17-24-28(39)36(21-12-7-11-20(33)16-21)29(40)32(24,26)19-9-4-3-5-10-19/h3-14,16,24-26,38H,15,17H2,1-2H3/t24-,25+,26+,32+/m0/s1. The van der Waals surface area contributed by atoms with Crippen molar-refractivity contribution in [2.75, 3.05) is 4.90 Å². The number of carbonyl (C=O) groups is 2. The molecular formula is C32H27ClN4O5. The molecular weight excluding hydrogens is 556 g/mol. The molecule has 212 valence electrons. The van der Waals surface area contributed by atoms with Gasteiger partial charge >= 0.3 is 11.4 Å². The lowest BCUT2D eigenvalue weighted by molar-refractivity contribution is -0.124. The van der Waals surface area contributed by atoms with Gasteiger partial charge < -0.3 is 5.11 Å². The summed E-state index contributed by atoms with van der Waals surface area (Å²) in [4.78, 5) is 57.1. The Bertz CT molecular complexity index is 1960. The smallest absolute Gasteiger partial charge is 0.347 e. The van der Waals surface area contributed by atoms with Gasteiger partial charge in [0.05, 0.1) is 29.6 Å². The molecule has 3 aromatic carbocycles. The van der Waals surface area contributed by atoms with Crippen LogP contribution in [0.4, 0.5) is 5.69 Å². The van der Waals surface area contributed by atoms with Crippen molar-refractivity contribution in [1.82, 2.24) is 13.9 Å². The second kappa shape index (κ2) is 9.19. The van der Waals surface area contributed by atoms with Crippen molar-refractivity contribution in [3.8, 4) is 5.75 Å². The number of rotatable bonds is 3. The highest BCUT2D eigenvalue weighted by Gasteiger charge is 2.69. The average Bonchev–Trinajstić information content (AvgIpc) is 3.35. The van der Waals surface area contributed by atoms with E-state index in [2.05, 4.69) is 0 Å². The number of benzene rings is 3. The van der Waals surface area contributed by atoms with Gasteiger partial charge in [0.2, 0.25) is 11.8 Å². The summed E-state index contributed by atoms with van der Waals surface area (Å²) in [6, 6.07) is 20.5. The summed E-state index contributed by atoms with van der Waals surface area (Å²) < 4.78 is 3.83. The van der Waals surface area contributed by atoms with Crippen LogP contribution >= 0.6 is 11.6 Å². The minimum Gasteiger partial charge on any atom is -0.507 e. The number of hydrogen-bond donors (Lipinski definition) is 1. The Morgan fingerprint density at radius 3 is 2.40 bits per heavy atom. The first-order valence-corrected chi connectivity index (χ1v) is 14.1. The van der Waals surface area contributed by atoms with Crippen LogP contribution in [0.15, 0.2) is 94.0 Å². The summed E-state index contributed by atoms with van der Waals surface area (Å²) in [5.74, 6) is -2.58. The highest BCUT2D eigenvalue weighted by Crippen LogP contribution is 2.63. The van der Waals surface area contributed by atoms with Gasteiger partial charge in [-0.15, -0.1) is 0 Å². The van der Waals surface area contributed by atoms with Crippen molar-refractivity contribution in [2.45, 2.75) is 37.3 Å². The fourth-order valence-corrected chi connectivity index (χ4v) is 7.56. The van der Waals surface area contributed by atoms with E-state index in [4.69, 9.17) is 11.6 Å². The summed E-state index contributed by atoms with van der Waals surface area (Å²) in [5.41, 5.74) is 0.369. The normalized spacial score (nSPS) is 24.7. The Morgan fingerprint density at radius 2 is 1.67 bits per heavy atom.